The van der Waals surface area contributed by atoms with Crippen LogP contribution in [0, 0.1) is 5.41 Å². The molecular weight excluding hydrogens is 346 g/mol. The number of hydrogen-bond donors (Lipinski definition) is 1. The number of allylic oxidation sites excluding steroid dienone is 4. The molecule has 4 nitrogen and oxygen atoms in total. The van der Waals surface area contributed by atoms with Gasteiger partial charge in [0.25, 0.3) is 0 Å². The third-order valence-electron chi connectivity index (χ3n) is 4.14. The van der Waals surface area contributed by atoms with Crippen LogP contribution in [0.2, 0.25) is 0 Å². The van der Waals surface area contributed by atoms with Crippen molar-refractivity contribution >= 4 is 21.2 Å². The van der Waals surface area contributed by atoms with Crippen LogP contribution in [0.4, 0.5) is 8.78 Å². The van der Waals surface area contributed by atoms with E-state index in [0.717, 1.165) is 5.56 Å². The van der Waals surface area contributed by atoms with E-state index in [9.17, 15) is 17.2 Å². The first-order chi connectivity index (χ1) is 11.9. The predicted molar refractivity (Wildman–Crippen MR) is 92.4 cm³/mol. The van der Waals surface area contributed by atoms with Gasteiger partial charge < -0.3 is 0 Å². The Balaban J connectivity index is 2.10. The summed E-state index contributed by atoms with van der Waals surface area (Å²) in [5.74, 6) is 0. The minimum Gasteiger partial charge on any atom is -0.265 e. The number of pyridine rings is 1. The first-order valence-electron chi connectivity index (χ1n) is 7.50. The van der Waals surface area contributed by atoms with E-state index in [1.807, 2.05) is 0 Å². The Morgan fingerprint density at radius 1 is 0.880 bits per heavy atom. The summed E-state index contributed by atoms with van der Waals surface area (Å²) < 4.78 is 49.8. The summed E-state index contributed by atoms with van der Waals surface area (Å²) in [4.78, 5) is 3.93. The van der Waals surface area contributed by atoms with E-state index in [-0.39, 0.29) is 4.90 Å². The van der Waals surface area contributed by atoms with Crippen LogP contribution in [-0.4, -0.2) is 26.8 Å². The minimum atomic E-state index is -3.80. The molecule has 1 aromatic heterocycles. The van der Waals surface area contributed by atoms with Crippen LogP contribution >= 0.6 is 0 Å². The van der Waals surface area contributed by atoms with Crippen molar-refractivity contribution in [3.8, 4) is 0 Å². The van der Waals surface area contributed by atoms with Crippen molar-refractivity contribution in [3.05, 3.63) is 72.1 Å². The van der Waals surface area contributed by atoms with Crippen LogP contribution in [0.25, 0.3) is 11.1 Å². The van der Waals surface area contributed by atoms with Gasteiger partial charge in [-0.2, -0.15) is 0 Å². The van der Waals surface area contributed by atoms with Crippen molar-refractivity contribution in [2.24, 2.45) is 10.6 Å². The first kappa shape index (κ1) is 17.4. The van der Waals surface area contributed by atoms with Gasteiger partial charge in [-0.3, -0.25) is 4.98 Å². The van der Waals surface area contributed by atoms with Crippen LogP contribution in [0.1, 0.15) is 11.1 Å². The van der Waals surface area contributed by atoms with Gasteiger partial charge in [-0.1, -0.05) is 24.3 Å². The normalized spacial score (nSPS) is 16.4. The number of sulfonamides is 1. The molecule has 0 unspecified atom stereocenters. The lowest BCUT2D eigenvalue weighted by molar-refractivity contribution is 0.265. The summed E-state index contributed by atoms with van der Waals surface area (Å²) in [5, 5.41) is 5.10. The van der Waals surface area contributed by atoms with E-state index in [1.54, 1.807) is 48.8 Å². The third-order valence-corrected chi connectivity index (χ3v) is 5.07. The molecule has 0 saturated carbocycles. The molecule has 0 radical (unpaired) electrons. The second-order valence-corrected chi connectivity index (χ2v) is 7.48. The number of halogens is 2. The summed E-state index contributed by atoms with van der Waals surface area (Å²) in [6.45, 7) is -1.73. The monoisotopic (exact) mass is 362 g/mol. The zero-order chi connectivity index (χ0) is 18.1. The maximum absolute atomic E-state index is 13.5. The molecule has 1 aliphatic rings. The molecule has 0 saturated heterocycles. The molecule has 0 amide bonds. The van der Waals surface area contributed by atoms with E-state index in [2.05, 4.69) is 4.98 Å². The highest BCUT2D eigenvalue weighted by molar-refractivity contribution is 7.89. The molecule has 1 heterocycles. The van der Waals surface area contributed by atoms with Crippen molar-refractivity contribution in [1.82, 2.24) is 4.98 Å². The Kier molecular flexibility index (Phi) is 4.53. The molecule has 0 bridgehead atoms. The van der Waals surface area contributed by atoms with Crippen molar-refractivity contribution in [2.75, 3.05) is 13.3 Å². The maximum Gasteiger partial charge on any atom is 0.238 e. The fraction of sp³-hybridized carbons (Fsp3) is 0.167. The summed E-state index contributed by atoms with van der Waals surface area (Å²) in [7, 11) is -3.80. The second kappa shape index (κ2) is 6.50. The molecule has 0 atom stereocenters. The van der Waals surface area contributed by atoms with Gasteiger partial charge >= 0.3 is 0 Å². The molecule has 1 aliphatic carbocycles. The van der Waals surface area contributed by atoms with Gasteiger partial charge in [0.2, 0.25) is 10.0 Å². The van der Waals surface area contributed by atoms with Gasteiger partial charge in [-0.15, -0.1) is 0 Å². The van der Waals surface area contributed by atoms with Gasteiger partial charge in [0.05, 0.1) is 10.3 Å². The largest absolute Gasteiger partial charge is 0.265 e. The van der Waals surface area contributed by atoms with Crippen molar-refractivity contribution in [1.29, 1.82) is 0 Å². The Labute approximate surface area is 144 Å². The van der Waals surface area contributed by atoms with Crippen molar-refractivity contribution < 1.29 is 17.2 Å². The van der Waals surface area contributed by atoms with Crippen LogP contribution in [0.5, 0.6) is 0 Å². The molecule has 3 rings (SSSR count). The molecule has 1 aromatic carbocycles. The number of rotatable bonds is 5. The average Bonchev–Trinajstić information content (AvgIpc) is 3.03. The van der Waals surface area contributed by atoms with Gasteiger partial charge in [-0.25, -0.2) is 22.3 Å². The number of hydrogen-bond acceptors (Lipinski definition) is 3. The van der Waals surface area contributed by atoms with Gasteiger partial charge in [0.15, 0.2) is 0 Å². The number of aromatic nitrogens is 1. The standard InChI is InChI=1S/C18H16F2N2O2S/c19-11-18(12-20)9-16(17(10-18)14-5-7-22-8-6-14)13-1-3-15(4-2-13)25(21,23)24/h1-10H,11-12H2,(H2,21,23,24). The fourth-order valence-corrected chi connectivity index (χ4v) is 3.31. The quantitative estimate of drug-likeness (QED) is 0.888. The zero-order valence-electron chi connectivity index (χ0n) is 13.2. The van der Waals surface area contributed by atoms with Crippen LogP contribution in [0.3, 0.4) is 0 Å². The van der Waals surface area contributed by atoms with Gasteiger partial charge in [0, 0.05) is 12.4 Å². The number of alkyl halides is 2. The number of nitrogens with zero attached hydrogens (tertiary/aromatic N) is 1. The van der Waals surface area contributed by atoms with Crippen molar-refractivity contribution in [3.63, 3.8) is 0 Å². The van der Waals surface area contributed by atoms with Gasteiger partial charge in [-0.05, 0) is 46.5 Å². The van der Waals surface area contributed by atoms with E-state index in [0.29, 0.717) is 16.7 Å². The van der Waals surface area contributed by atoms with Crippen molar-refractivity contribution in [2.45, 2.75) is 4.90 Å². The molecule has 25 heavy (non-hydrogen) atoms. The zero-order valence-corrected chi connectivity index (χ0v) is 14.0. The fourth-order valence-electron chi connectivity index (χ4n) is 2.80. The molecule has 7 heteroatoms. The summed E-state index contributed by atoms with van der Waals surface area (Å²) in [6.07, 6.45) is 6.32. The maximum atomic E-state index is 13.5. The lowest BCUT2D eigenvalue weighted by Crippen LogP contribution is -2.18. The smallest absolute Gasteiger partial charge is 0.238 e. The number of primary sulfonamides is 1. The molecule has 2 N–H and O–H groups in total. The second-order valence-electron chi connectivity index (χ2n) is 5.92. The van der Waals surface area contributed by atoms with E-state index >= 15 is 0 Å². The average molecular weight is 362 g/mol. The predicted octanol–water partition coefficient (Wildman–Crippen LogP) is 3.14. The van der Waals surface area contributed by atoms with E-state index in [4.69, 9.17) is 5.14 Å². The highest BCUT2D eigenvalue weighted by Crippen LogP contribution is 2.44. The molecule has 0 spiro atoms. The highest BCUT2D eigenvalue weighted by atomic mass is 32.2. The summed E-state index contributed by atoms with van der Waals surface area (Å²) >= 11 is 0. The molecule has 0 aliphatic heterocycles. The molecule has 130 valence electrons. The lowest BCUT2D eigenvalue weighted by Gasteiger charge is -2.15. The Morgan fingerprint density at radius 2 is 1.36 bits per heavy atom. The first-order valence-corrected chi connectivity index (χ1v) is 9.05. The van der Waals surface area contributed by atoms with Crippen LogP contribution in [-0.2, 0) is 10.0 Å². The Bertz CT molecular complexity index is 933. The third kappa shape index (κ3) is 3.38. The molecule has 2 aromatic rings. The van der Waals surface area contributed by atoms with Gasteiger partial charge in [0.1, 0.15) is 13.3 Å². The van der Waals surface area contributed by atoms with E-state index in [1.165, 1.54) is 12.1 Å². The van der Waals surface area contributed by atoms with Crippen LogP contribution in [0.15, 0.2) is 65.8 Å². The summed E-state index contributed by atoms with van der Waals surface area (Å²) in [5.41, 5.74) is 1.44. The van der Waals surface area contributed by atoms with E-state index < -0.39 is 28.8 Å². The SMILES string of the molecule is NS(=O)(=O)c1ccc(C2=CC(CF)(CF)C=C2c2ccncc2)cc1. The number of nitrogens with two attached hydrogens (primary N) is 1. The minimum absolute atomic E-state index is 0.0217. The molecular formula is C18H16F2N2O2S. The summed E-state index contributed by atoms with van der Waals surface area (Å²) in [6, 6.07) is 9.41. The molecule has 0 fully saturated rings. The Morgan fingerprint density at radius 3 is 1.80 bits per heavy atom. The Hall–Kier alpha value is -2.38. The van der Waals surface area contributed by atoms with Crippen LogP contribution < -0.4 is 5.14 Å². The number of benzene rings is 1. The topological polar surface area (TPSA) is 73.1 Å². The lowest BCUT2D eigenvalue weighted by atomic mass is 9.93. The highest BCUT2D eigenvalue weighted by Gasteiger charge is 2.34.